The number of rotatable bonds is 3. The zero-order valence-electron chi connectivity index (χ0n) is 15.1. The van der Waals surface area contributed by atoms with E-state index in [1.165, 1.54) is 6.07 Å². The Morgan fingerprint density at radius 1 is 1.22 bits per heavy atom. The summed E-state index contributed by atoms with van der Waals surface area (Å²) in [6.45, 7) is 2.66. The number of anilines is 1. The lowest BCUT2D eigenvalue weighted by atomic mass is 10.1. The van der Waals surface area contributed by atoms with Crippen LogP contribution in [0.3, 0.4) is 0 Å². The van der Waals surface area contributed by atoms with Crippen molar-refractivity contribution in [2.45, 2.75) is 37.3 Å². The fraction of sp³-hybridized carbons (Fsp3) is 0.316. The maximum Gasteiger partial charge on any atom is 0.238 e. The number of ether oxygens (including phenoxy) is 1. The van der Waals surface area contributed by atoms with Gasteiger partial charge < -0.3 is 10.5 Å². The number of aryl methyl sites for hydroxylation is 1. The summed E-state index contributed by atoms with van der Waals surface area (Å²) >= 11 is 0. The number of nitrogen functional groups attached to an aromatic ring is 1. The third-order valence-electron chi connectivity index (χ3n) is 4.96. The Bertz CT molecular complexity index is 1120. The van der Waals surface area contributed by atoms with E-state index < -0.39 is 10.0 Å². The summed E-state index contributed by atoms with van der Waals surface area (Å²) in [5, 5.41) is 10.9. The minimum absolute atomic E-state index is 0.0525. The summed E-state index contributed by atoms with van der Waals surface area (Å²) in [6.07, 6.45) is 2.87. The van der Waals surface area contributed by atoms with Crippen LogP contribution in [-0.2, 0) is 14.8 Å². The molecule has 142 valence electrons. The molecule has 2 aromatic carbocycles. The van der Waals surface area contributed by atoms with E-state index in [0.29, 0.717) is 23.6 Å². The topological polar surface area (TPSA) is 113 Å². The SMILES string of the molecule is Cc1cc2c(cc1N)c(-c1cccc(S(N)(=O)=O)c1)nn2C1CCCCO1. The second-order valence-electron chi connectivity index (χ2n) is 6.91. The molecule has 0 radical (unpaired) electrons. The fourth-order valence-corrected chi connectivity index (χ4v) is 4.03. The Morgan fingerprint density at radius 3 is 2.74 bits per heavy atom. The molecule has 4 rings (SSSR count). The van der Waals surface area contributed by atoms with Crippen LogP contribution in [0, 0.1) is 6.92 Å². The van der Waals surface area contributed by atoms with Crippen molar-refractivity contribution < 1.29 is 13.2 Å². The Balaban J connectivity index is 1.94. The molecule has 8 heteroatoms. The van der Waals surface area contributed by atoms with Crippen molar-refractivity contribution in [2.24, 2.45) is 5.14 Å². The van der Waals surface area contributed by atoms with Crippen LogP contribution in [0.5, 0.6) is 0 Å². The van der Waals surface area contributed by atoms with Crippen molar-refractivity contribution >= 4 is 26.6 Å². The van der Waals surface area contributed by atoms with E-state index in [4.69, 9.17) is 20.7 Å². The van der Waals surface area contributed by atoms with E-state index >= 15 is 0 Å². The van der Waals surface area contributed by atoms with Crippen molar-refractivity contribution in [3.63, 3.8) is 0 Å². The molecule has 0 saturated carbocycles. The summed E-state index contributed by atoms with van der Waals surface area (Å²) < 4.78 is 31.3. The number of hydrogen-bond acceptors (Lipinski definition) is 5. The number of primary sulfonamides is 1. The highest BCUT2D eigenvalue weighted by atomic mass is 32.2. The molecule has 1 aliphatic heterocycles. The van der Waals surface area contributed by atoms with Crippen molar-refractivity contribution in [3.8, 4) is 11.3 Å². The van der Waals surface area contributed by atoms with Crippen molar-refractivity contribution in [1.29, 1.82) is 0 Å². The van der Waals surface area contributed by atoms with Gasteiger partial charge in [-0.05, 0) is 56.0 Å². The van der Waals surface area contributed by atoms with Crippen LogP contribution in [0.25, 0.3) is 22.2 Å². The molecule has 1 fully saturated rings. The highest BCUT2D eigenvalue weighted by Crippen LogP contribution is 2.35. The monoisotopic (exact) mass is 386 g/mol. The van der Waals surface area contributed by atoms with Gasteiger partial charge in [-0.25, -0.2) is 18.2 Å². The molecule has 0 aliphatic carbocycles. The Kier molecular flexibility index (Phi) is 4.41. The summed E-state index contributed by atoms with van der Waals surface area (Å²) in [5.74, 6) is 0. The Hall–Kier alpha value is -2.42. The zero-order chi connectivity index (χ0) is 19.2. The Labute approximate surface area is 158 Å². The molecule has 3 aromatic rings. The maximum atomic E-state index is 11.7. The van der Waals surface area contributed by atoms with Crippen LogP contribution in [0.4, 0.5) is 5.69 Å². The highest BCUT2D eigenvalue weighted by molar-refractivity contribution is 7.89. The first-order valence-electron chi connectivity index (χ1n) is 8.88. The molecule has 1 aromatic heterocycles. The zero-order valence-corrected chi connectivity index (χ0v) is 15.9. The number of nitrogens with zero attached hydrogens (tertiary/aromatic N) is 2. The minimum Gasteiger partial charge on any atom is -0.398 e. The highest BCUT2D eigenvalue weighted by Gasteiger charge is 2.23. The number of benzene rings is 2. The van der Waals surface area contributed by atoms with Gasteiger partial charge in [0, 0.05) is 23.2 Å². The van der Waals surface area contributed by atoms with E-state index in [0.717, 1.165) is 35.7 Å². The molecule has 2 heterocycles. The Morgan fingerprint density at radius 2 is 2.04 bits per heavy atom. The predicted octanol–water partition coefficient (Wildman–Crippen LogP) is 2.94. The molecule has 1 aliphatic rings. The molecule has 1 atom stereocenters. The molecule has 4 N–H and O–H groups in total. The molecule has 0 spiro atoms. The van der Waals surface area contributed by atoms with Crippen LogP contribution >= 0.6 is 0 Å². The lowest BCUT2D eigenvalue weighted by molar-refractivity contribution is -0.0365. The predicted molar refractivity (Wildman–Crippen MR) is 105 cm³/mol. The van der Waals surface area contributed by atoms with E-state index in [2.05, 4.69) is 0 Å². The minimum atomic E-state index is -3.80. The van der Waals surface area contributed by atoms with Gasteiger partial charge in [0.25, 0.3) is 0 Å². The molecule has 1 saturated heterocycles. The molecule has 0 bridgehead atoms. The number of nitrogens with two attached hydrogens (primary N) is 2. The van der Waals surface area contributed by atoms with Crippen LogP contribution < -0.4 is 10.9 Å². The molecule has 27 heavy (non-hydrogen) atoms. The number of fused-ring (bicyclic) bond motifs is 1. The lowest BCUT2D eigenvalue weighted by Gasteiger charge is -2.23. The van der Waals surface area contributed by atoms with Gasteiger partial charge in [0.1, 0.15) is 5.69 Å². The van der Waals surface area contributed by atoms with Gasteiger partial charge in [0.05, 0.1) is 10.4 Å². The van der Waals surface area contributed by atoms with Crippen LogP contribution in [0.2, 0.25) is 0 Å². The maximum absolute atomic E-state index is 11.7. The average Bonchev–Trinajstić information content (AvgIpc) is 3.01. The van der Waals surface area contributed by atoms with Crippen molar-refractivity contribution in [1.82, 2.24) is 9.78 Å². The lowest BCUT2D eigenvalue weighted by Crippen LogP contribution is -2.19. The van der Waals surface area contributed by atoms with Crippen LogP contribution in [0.15, 0.2) is 41.3 Å². The summed E-state index contributed by atoms with van der Waals surface area (Å²) in [4.78, 5) is 0.0525. The van der Waals surface area contributed by atoms with E-state index in [-0.39, 0.29) is 11.1 Å². The number of aromatic nitrogens is 2. The van der Waals surface area contributed by atoms with E-state index in [9.17, 15) is 8.42 Å². The summed E-state index contributed by atoms with van der Waals surface area (Å²) in [5.41, 5.74) is 10.0. The molecular weight excluding hydrogens is 364 g/mol. The standard InChI is InChI=1S/C19H22N4O3S/c1-12-9-17-15(11-16(12)20)19(22-23(17)18-7-2-3-8-26-18)13-5-4-6-14(10-13)27(21,24)25/h4-6,9-11,18H,2-3,7-8,20H2,1H3,(H2,21,24,25). The molecule has 7 nitrogen and oxygen atoms in total. The van der Waals surface area contributed by atoms with Gasteiger partial charge in [-0.15, -0.1) is 0 Å². The van der Waals surface area contributed by atoms with Gasteiger partial charge in [0.15, 0.2) is 6.23 Å². The largest absolute Gasteiger partial charge is 0.398 e. The first-order chi connectivity index (χ1) is 12.8. The smallest absolute Gasteiger partial charge is 0.238 e. The third-order valence-corrected chi connectivity index (χ3v) is 5.87. The quantitative estimate of drug-likeness (QED) is 0.672. The number of hydrogen-bond donors (Lipinski definition) is 2. The fourth-order valence-electron chi connectivity index (χ4n) is 3.47. The van der Waals surface area contributed by atoms with E-state index in [1.54, 1.807) is 12.1 Å². The second-order valence-corrected chi connectivity index (χ2v) is 8.47. The van der Waals surface area contributed by atoms with E-state index in [1.807, 2.05) is 29.8 Å². The van der Waals surface area contributed by atoms with Crippen molar-refractivity contribution in [2.75, 3.05) is 12.3 Å². The molecule has 0 amide bonds. The van der Waals surface area contributed by atoms with Gasteiger partial charge in [-0.1, -0.05) is 12.1 Å². The van der Waals surface area contributed by atoms with Crippen molar-refractivity contribution in [3.05, 3.63) is 42.0 Å². The molecular formula is C19H22N4O3S. The third kappa shape index (κ3) is 3.31. The summed E-state index contributed by atoms with van der Waals surface area (Å²) in [7, 11) is -3.80. The van der Waals surface area contributed by atoms with Crippen LogP contribution in [-0.4, -0.2) is 24.8 Å². The summed E-state index contributed by atoms with van der Waals surface area (Å²) in [6, 6.07) is 10.4. The first kappa shape index (κ1) is 18.0. The van der Waals surface area contributed by atoms with Gasteiger partial charge in [-0.2, -0.15) is 5.10 Å². The van der Waals surface area contributed by atoms with Gasteiger partial charge in [-0.3, -0.25) is 0 Å². The molecule has 1 unspecified atom stereocenters. The average molecular weight is 386 g/mol. The van der Waals surface area contributed by atoms with Crippen LogP contribution in [0.1, 0.15) is 31.1 Å². The van der Waals surface area contributed by atoms with Gasteiger partial charge >= 0.3 is 0 Å². The normalized spacial score (nSPS) is 18.1. The second kappa shape index (κ2) is 6.63. The first-order valence-corrected chi connectivity index (χ1v) is 10.4. The number of sulfonamides is 1. The van der Waals surface area contributed by atoms with Gasteiger partial charge in [0.2, 0.25) is 10.0 Å².